The molecule has 2 aromatic rings. The maximum Gasteiger partial charge on any atom is 0.266 e. The molecule has 0 bridgehead atoms. The van der Waals surface area contributed by atoms with Crippen LogP contribution in [0.25, 0.3) is 11.1 Å². The van der Waals surface area contributed by atoms with E-state index < -0.39 is 6.08 Å². The van der Waals surface area contributed by atoms with E-state index in [1.54, 1.807) is 0 Å². The molecule has 0 saturated heterocycles. The van der Waals surface area contributed by atoms with Crippen LogP contribution < -0.4 is 0 Å². The Labute approximate surface area is 252 Å². The van der Waals surface area contributed by atoms with E-state index in [1.165, 1.54) is 73.6 Å². The molecule has 2 saturated carbocycles. The summed E-state index contributed by atoms with van der Waals surface area (Å²) >= 11 is 0. The van der Waals surface area contributed by atoms with Crippen molar-refractivity contribution >= 4 is 6.79 Å². The fraction of sp³-hybridized carbons (Fsp3) is 0.541. The lowest BCUT2D eigenvalue weighted by atomic mass is 9.66. The second-order valence-corrected chi connectivity index (χ2v) is 12.1. The van der Waals surface area contributed by atoms with Crippen molar-refractivity contribution in [3.63, 3.8) is 0 Å². The predicted octanol–water partition coefficient (Wildman–Crippen LogP) is 9.54. The smallest absolute Gasteiger partial charge is 0.266 e. The normalized spacial score (nSPS) is 22.4. The summed E-state index contributed by atoms with van der Waals surface area (Å²) in [4.78, 5) is 8.00. The van der Waals surface area contributed by atoms with Crippen molar-refractivity contribution in [2.75, 3.05) is 13.7 Å². The first-order valence-corrected chi connectivity index (χ1v) is 15.6. The standard InChI is InChI=1S/C35H46F2O.CH4O.CH2O/c1-25(2)24-34(22-23-38)33-20-18-32(19-21-33)31-16-14-30(15-17-31)29-12-10-28(11-13-29)27-8-6-26(7-9-27)4-3-5-35(36)37;2*1-2/h5-13,30-34,38H,1,3-4,14-24H2,2H3;2H,1H3;1H2. The van der Waals surface area contributed by atoms with Crippen molar-refractivity contribution in [3.05, 3.63) is 84.0 Å². The van der Waals surface area contributed by atoms with Gasteiger partial charge in [0.25, 0.3) is 6.08 Å². The molecule has 2 aliphatic carbocycles. The lowest BCUT2D eigenvalue weighted by Gasteiger charge is -2.40. The van der Waals surface area contributed by atoms with Gasteiger partial charge in [0.15, 0.2) is 0 Å². The van der Waals surface area contributed by atoms with Crippen LogP contribution in [0, 0.1) is 23.7 Å². The Hall–Kier alpha value is -2.63. The lowest BCUT2D eigenvalue weighted by Crippen LogP contribution is -2.28. The minimum Gasteiger partial charge on any atom is -0.400 e. The molecule has 232 valence electrons. The average molecular weight is 583 g/mol. The summed E-state index contributed by atoms with van der Waals surface area (Å²) in [6.45, 7) is 8.56. The predicted molar refractivity (Wildman–Crippen MR) is 171 cm³/mol. The molecule has 2 aromatic carbocycles. The summed E-state index contributed by atoms with van der Waals surface area (Å²) in [5, 5.41) is 16.5. The molecule has 42 heavy (non-hydrogen) atoms. The van der Waals surface area contributed by atoms with Crippen LogP contribution in [0.4, 0.5) is 8.78 Å². The van der Waals surface area contributed by atoms with Gasteiger partial charge in [-0.2, -0.15) is 8.78 Å². The number of aliphatic hydroxyl groups excluding tert-OH is 2. The minimum atomic E-state index is -1.60. The Bertz CT molecular complexity index is 1040. The van der Waals surface area contributed by atoms with Gasteiger partial charge in [-0.15, -0.1) is 6.58 Å². The first-order valence-electron chi connectivity index (χ1n) is 15.6. The molecule has 0 amide bonds. The molecule has 0 radical (unpaired) electrons. The minimum absolute atomic E-state index is 0.305. The van der Waals surface area contributed by atoms with Gasteiger partial charge in [-0.3, -0.25) is 0 Å². The highest BCUT2D eigenvalue weighted by Crippen LogP contribution is 2.46. The highest BCUT2D eigenvalue weighted by atomic mass is 19.3. The summed E-state index contributed by atoms with van der Waals surface area (Å²) < 4.78 is 24.5. The zero-order valence-corrected chi connectivity index (χ0v) is 25.7. The zero-order valence-electron chi connectivity index (χ0n) is 25.7. The van der Waals surface area contributed by atoms with E-state index >= 15 is 0 Å². The molecule has 2 fully saturated rings. The van der Waals surface area contributed by atoms with E-state index in [0.29, 0.717) is 31.3 Å². The van der Waals surface area contributed by atoms with Crippen LogP contribution in [0.5, 0.6) is 0 Å². The summed E-state index contributed by atoms with van der Waals surface area (Å²) in [7, 11) is 1.00. The van der Waals surface area contributed by atoms with Crippen molar-refractivity contribution in [2.45, 2.75) is 89.9 Å². The third kappa shape index (κ3) is 11.2. The van der Waals surface area contributed by atoms with Crippen molar-refractivity contribution in [3.8, 4) is 11.1 Å². The Morgan fingerprint density at radius 1 is 0.857 bits per heavy atom. The van der Waals surface area contributed by atoms with Gasteiger partial charge in [-0.1, -0.05) is 54.1 Å². The van der Waals surface area contributed by atoms with Gasteiger partial charge in [-0.05, 0) is 142 Å². The molecule has 2 N–H and O–H groups in total. The van der Waals surface area contributed by atoms with E-state index in [2.05, 4.69) is 62.0 Å². The summed E-state index contributed by atoms with van der Waals surface area (Å²) in [5.41, 5.74) is 6.21. The van der Waals surface area contributed by atoms with Crippen molar-refractivity contribution in [1.82, 2.24) is 0 Å². The third-order valence-corrected chi connectivity index (χ3v) is 9.43. The molecule has 3 nitrogen and oxygen atoms in total. The number of rotatable bonds is 11. The maximum absolute atomic E-state index is 12.2. The van der Waals surface area contributed by atoms with Crippen LogP contribution in [-0.4, -0.2) is 30.7 Å². The monoisotopic (exact) mass is 582 g/mol. The molecule has 0 spiro atoms. The Morgan fingerprint density at radius 3 is 1.83 bits per heavy atom. The molecule has 1 unspecified atom stereocenters. The van der Waals surface area contributed by atoms with Gasteiger partial charge < -0.3 is 15.0 Å². The zero-order chi connectivity index (χ0) is 30.9. The number of halogens is 2. The van der Waals surface area contributed by atoms with Crippen molar-refractivity contribution in [2.24, 2.45) is 23.7 Å². The molecule has 0 heterocycles. The molecule has 0 aliphatic heterocycles. The number of carbonyl (C=O) groups is 1. The van der Waals surface area contributed by atoms with E-state index in [-0.39, 0.29) is 0 Å². The van der Waals surface area contributed by atoms with E-state index in [4.69, 9.17) is 9.90 Å². The summed E-state index contributed by atoms with van der Waals surface area (Å²) in [5.74, 6) is 3.84. The Kier molecular flexibility index (Phi) is 16.5. The molecule has 0 aromatic heterocycles. The highest BCUT2D eigenvalue weighted by Gasteiger charge is 2.33. The Balaban J connectivity index is 0.00000148. The van der Waals surface area contributed by atoms with E-state index in [9.17, 15) is 13.9 Å². The van der Waals surface area contributed by atoms with Gasteiger partial charge in [-0.25, -0.2) is 0 Å². The molecule has 4 rings (SSSR count). The second kappa shape index (κ2) is 19.5. The molecule has 5 heteroatoms. The largest absolute Gasteiger partial charge is 0.400 e. The average Bonchev–Trinajstić information content (AvgIpc) is 3.03. The van der Waals surface area contributed by atoms with Gasteiger partial charge in [0.2, 0.25) is 0 Å². The first kappa shape index (κ1) is 35.6. The van der Waals surface area contributed by atoms with Crippen molar-refractivity contribution < 1.29 is 23.8 Å². The summed E-state index contributed by atoms with van der Waals surface area (Å²) in [6.07, 6.45) is 13.1. The maximum atomic E-state index is 12.2. The van der Waals surface area contributed by atoms with Crippen LogP contribution in [-0.2, 0) is 11.2 Å². The topological polar surface area (TPSA) is 57.5 Å². The SMILES string of the molecule is C=C(C)CC(CCO)C1CCC(C2CCC(c3ccc(-c4ccc(CCC=C(F)F)cc4)cc3)CC2)CC1.C=O.CO. The van der Waals surface area contributed by atoms with Crippen LogP contribution in [0.15, 0.2) is 72.8 Å². The Morgan fingerprint density at radius 2 is 1.36 bits per heavy atom. The first-order chi connectivity index (χ1) is 20.4. The number of carbonyl (C=O) groups excluding carboxylic acids is 1. The fourth-order valence-corrected chi connectivity index (χ4v) is 7.29. The van der Waals surface area contributed by atoms with Crippen LogP contribution in [0.1, 0.15) is 94.6 Å². The van der Waals surface area contributed by atoms with Gasteiger partial charge >= 0.3 is 0 Å². The second-order valence-electron chi connectivity index (χ2n) is 12.1. The van der Waals surface area contributed by atoms with Crippen LogP contribution in [0.3, 0.4) is 0 Å². The van der Waals surface area contributed by atoms with Gasteiger partial charge in [0, 0.05) is 13.7 Å². The number of allylic oxidation sites excluding steroid dienone is 2. The van der Waals surface area contributed by atoms with Gasteiger partial charge in [0.1, 0.15) is 6.79 Å². The number of hydrogen-bond donors (Lipinski definition) is 2. The summed E-state index contributed by atoms with van der Waals surface area (Å²) in [6, 6.07) is 17.4. The fourth-order valence-electron chi connectivity index (χ4n) is 7.29. The van der Waals surface area contributed by atoms with Gasteiger partial charge in [0.05, 0.1) is 0 Å². The molecule has 2 aliphatic rings. The van der Waals surface area contributed by atoms with Crippen LogP contribution in [0.2, 0.25) is 0 Å². The number of aryl methyl sites for hydroxylation is 1. The van der Waals surface area contributed by atoms with E-state index in [0.717, 1.165) is 49.3 Å². The number of benzene rings is 2. The van der Waals surface area contributed by atoms with Crippen LogP contribution >= 0.6 is 0 Å². The number of hydrogen-bond acceptors (Lipinski definition) is 3. The van der Waals surface area contributed by atoms with Crippen molar-refractivity contribution in [1.29, 1.82) is 0 Å². The molecular formula is C37H52F2O3. The lowest BCUT2D eigenvalue weighted by molar-refractivity contribution is -0.0980. The quantitative estimate of drug-likeness (QED) is 0.259. The third-order valence-electron chi connectivity index (χ3n) is 9.43. The van der Waals surface area contributed by atoms with E-state index in [1.807, 2.05) is 6.79 Å². The molecule has 1 atom stereocenters. The highest BCUT2D eigenvalue weighted by molar-refractivity contribution is 5.64. The molecular weight excluding hydrogens is 530 g/mol. The number of aliphatic hydroxyl groups is 2.